The molecular weight excluding hydrogens is 388 g/mol. The van der Waals surface area contributed by atoms with Gasteiger partial charge in [0.15, 0.2) is 6.10 Å². The Morgan fingerprint density at radius 2 is 1.58 bits per heavy atom. The van der Waals surface area contributed by atoms with Crippen molar-refractivity contribution in [1.29, 1.82) is 0 Å². The van der Waals surface area contributed by atoms with Gasteiger partial charge in [-0.15, -0.1) is 0 Å². The van der Waals surface area contributed by atoms with E-state index in [1.165, 1.54) is 0 Å². The first kappa shape index (κ1) is 20.7. The van der Waals surface area contributed by atoms with Crippen LogP contribution in [0.4, 0.5) is 11.4 Å². The van der Waals surface area contributed by atoms with Crippen LogP contribution in [0.2, 0.25) is 0 Å². The van der Waals surface area contributed by atoms with Gasteiger partial charge in [0.1, 0.15) is 5.75 Å². The molecule has 1 atom stereocenters. The largest absolute Gasteiger partial charge is 0.481 e. The lowest BCUT2D eigenvalue weighted by molar-refractivity contribution is -0.122. The van der Waals surface area contributed by atoms with Crippen LogP contribution in [0.15, 0.2) is 72.8 Å². The SMILES string of the molecule is Cc1ccc(NC(=O)C(C)Oc2ccc(-c3ccccc3)cc2)cc1NC(=O)C1CC1. The van der Waals surface area contributed by atoms with Crippen LogP contribution in [0.5, 0.6) is 5.75 Å². The zero-order chi connectivity index (χ0) is 21.8. The molecule has 0 aromatic heterocycles. The minimum absolute atomic E-state index is 0.0437. The van der Waals surface area contributed by atoms with Gasteiger partial charge >= 0.3 is 0 Å². The molecule has 0 radical (unpaired) electrons. The molecule has 2 amide bonds. The fraction of sp³-hybridized carbons (Fsp3) is 0.231. The molecular formula is C26H26N2O3. The topological polar surface area (TPSA) is 67.4 Å². The van der Waals surface area contributed by atoms with E-state index in [9.17, 15) is 9.59 Å². The minimum Gasteiger partial charge on any atom is -0.481 e. The average Bonchev–Trinajstić information content (AvgIpc) is 3.63. The summed E-state index contributed by atoms with van der Waals surface area (Å²) >= 11 is 0. The van der Waals surface area contributed by atoms with Gasteiger partial charge in [-0.25, -0.2) is 0 Å². The van der Waals surface area contributed by atoms with Crippen LogP contribution >= 0.6 is 0 Å². The number of benzene rings is 3. The molecule has 3 aromatic carbocycles. The molecule has 5 nitrogen and oxygen atoms in total. The summed E-state index contributed by atoms with van der Waals surface area (Å²) in [7, 11) is 0. The van der Waals surface area contributed by atoms with Gasteiger partial charge in [-0.05, 0) is 67.6 Å². The van der Waals surface area contributed by atoms with Crippen LogP contribution in [-0.4, -0.2) is 17.9 Å². The second kappa shape index (κ2) is 9.04. The lowest BCUT2D eigenvalue weighted by atomic mass is 10.1. The van der Waals surface area contributed by atoms with E-state index < -0.39 is 6.10 Å². The van der Waals surface area contributed by atoms with Crippen molar-refractivity contribution in [3.8, 4) is 16.9 Å². The van der Waals surface area contributed by atoms with Gasteiger partial charge in [0.25, 0.3) is 5.91 Å². The molecule has 1 aliphatic rings. The second-order valence-corrected chi connectivity index (χ2v) is 7.93. The summed E-state index contributed by atoms with van der Waals surface area (Å²) in [5.41, 5.74) is 4.51. The number of carbonyl (C=O) groups is 2. The maximum Gasteiger partial charge on any atom is 0.265 e. The number of amides is 2. The van der Waals surface area contributed by atoms with Crippen molar-refractivity contribution in [3.63, 3.8) is 0 Å². The fourth-order valence-corrected chi connectivity index (χ4v) is 3.27. The molecule has 2 N–H and O–H groups in total. The van der Waals surface area contributed by atoms with Crippen molar-refractivity contribution >= 4 is 23.2 Å². The van der Waals surface area contributed by atoms with Gasteiger partial charge in [0, 0.05) is 17.3 Å². The van der Waals surface area contributed by atoms with Crippen LogP contribution < -0.4 is 15.4 Å². The summed E-state index contributed by atoms with van der Waals surface area (Å²) in [6, 6.07) is 23.3. The molecule has 5 heteroatoms. The fourth-order valence-electron chi connectivity index (χ4n) is 3.27. The Labute approximate surface area is 182 Å². The van der Waals surface area contributed by atoms with E-state index in [1.54, 1.807) is 13.0 Å². The summed E-state index contributed by atoms with van der Waals surface area (Å²) in [5.74, 6) is 0.542. The van der Waals surface area contributed by atoms with Gasteiger partial charge in [0.05, 0.1) is 0 Å². The number of hydrogen-bond acceptors (Lipinski definition) is 3. The third-order valence-electron chi connectivity index (χ3n) is 5.35. The highest BCUT2D eigenvalue weighted by molar-refractivity contribution is 5.97. The zero-order valence-electron chi connectivity index (χ0n) is 17.7. The molecule has 0 saturated heterocycles. The maximum atomic E-state index is 12.6. The Hall–Kier alpha value is -3.60. The van der Waals surface area contributed by atoms with Crippen LogP contribution in [0.1, 0.15) is 25.3 Å². The Balaban J connectivity index is 1.36. The number of anilines is 2. The standard InChI is InChI=1S/C26H26N2O3/c1-17-8-13-22(16-24(17)28-26(30)21-9-10-21)27-25(29)18(2)31-23-14-11-20(12-15-23)19-6-4-3-5-7-19/h3-8,11-16,18,21H,9-10H2,1-2H3,(H,27,29)(H,28,30). The van der Waals surface area contributed by atoms with Gasteiger partial charge in [-0.1, -0.05) is 48.5 Å². The quantitative estimate of drug-likeness (QED) is 0.543. The molecule has 0 bridgehead atoms. The summed E-state index contributed by atoms with van der Waals surface area (Å²) < 4.78 is 5.82. The normalized spacial score (nSPS) is 13.9. The maximum absolute atomic E-state index is 12.6. The van der Waals surface area contributed by atoms with Crippen molar-refractivity contribution in [3.05, 3.63) is 78.4 Å². The van der Waals surface area contributed by atoms with Crippen LogP contribution in [0.25, 0.3) is 11.1 Å². The van der Waals surface area contributed by atoms with Crippen molar-refractivity contribution in [1.82, 2.24) is 0 Å². The van der Waals surface area contributed by atoms with E-state index in [2.05, 4.69) is 22.8 Å². The Kier molecular flexibility index (Phi) is 6.03. The molecule has 1 unspecified atom stereocenters. The van der Waals surface area contributed by atoms with Crippen LogP contribution in [-0.2, 0) is 9.59 Å². The number of hydrogen-bond donors (Lipinski definition) is 2. The summed E-state index contributed by atoms with van der Waals surface area (Å²) in [6.07, 6.45) is 1.22. The third kappa shape index (κ3) is 5.31. The predicted molar refractivity (Wildman–Crippen MR) is 123 cm³/mol. The molecule has 31 heavy (non-hydrogen) atoms. The van der Waals surface area contributed by atoms with Crippen molar-refractivity contribution in [2.75, 3.05) is 10.6 Å². The summed E-state index contributed by atoms with van der Waals surface area (Å²) in [6.45, 7) is 3.64. The molecule has 3 aromatic rings. The van der Waals surface area contributed by atoms with E-state index in [1.807, 2.05) is 61.5 Å². The van der Waals surface area contributed by atoms with Crippen LogP contribution in [0, 0.1) is 12.8 Å². The number of carbonyl (C=O) groups excluding carboxylic acids is 2. The van der Waals surface area contributed by atoms with Gasteiger partial charge < -0.3 is 15.4 Å². The number of aryl methyl sites for hydroxylation is 1. The first-order valence-corrected chi connectivity index (χ1v) is 10.5. The molecule has 0 spiro atoms. The van der Waals surface area contributed by atoms with E-state index in [0.29, 0.717) is 11.4 Å². The molecule has 4 rings (SSSR count). The second-order valence-electron chi connectivity index (χ2n) is 7.93. The minimum atomic E-state index is -0.673. The van der Waals surface area contributed by atoms with E-state index in [4.69, 9.17) is 4.74 Å². The molecule has 0 aliphatic heterocycles. The van der Waals surface area contributed by atoms with Gasteiger partial charge in [-0.3, -0.25) is 9.59 Å². The Bertz CT molecular complexity index is 1070. The summed E-state index contributed by atoms with van der Waals surface area (Å²) in [5, 5.41) is 5.82. The van der Waals surface area contributed by atoms with Crippen LogP contribution in [0.3, 0.4) is 0 Å². The molecule has 1 aliphatic carbocycles. The van der Waals surface area contributed by atoms with Crippen molar-refractivity contribution in [2.24, 2.45) is 5.92 Å². The Morgan fingerprint density at radius 3 is 2.26 bits per heavy atom. The number of rotatable bonds is 7. The van der Waals surface area contributed by atoms with E-state index in [-0.39, 0.29) is 17.7 Å². The molecule has 158 valence electrons. The zero-order valence-corrected chi connectivity index (χ0v) is 17.7. The first-order valence-electron chi connectivity index (χ1n) is 10.5. The molecule has 1 saturated carbocycles. The lowest BCUT2D eigenvalue weighted by Crippen LogP contribution is -2.30. The molecule has 0 heterocycles. The third-order valence-corrected chi connectivity index (χ3v) is 5.35. The molecule has 1 fully saturated rings. The monoisotopic (exact) mass is 414 g/mol. The highest BCUT2D eigenvalue weighted by Crippen LogP contribution is 2.31. The number of nitrogens with one attached hydrogen (secondary N) is 2. The highest BCUT2D eigenvalue weighted by Gasteiger charge is 2.29. The number of ether oxygens (including phenoxy) is 1. The van der Waals surface area contributed by atoms with Crippen molar-refractivity contribution in [2.45, 2.75) is 32.8 Å². The Morgan fingerprint density at radius 1 is 0.903 bits per heavy atom. The highest BCUT2D eigenvalue weighted by atomic mass is 16.5. The van der Waals surface area contributed by atoms with Crippen molar-refractivity contribution < 1.29 is 14.3 Å². The van der Waals surface area contributed by atoms with E-state index in [0.717, 1.165) is 35.2 Å². The first-order chi connectivity index (χ1) is 15.0. The lowest BCUT2D eigenvalue weighted by Gasteiger charge is -2.16. The predicted octanol–water partition coefficient (Wildman–Crippen LogP) is 5.42. The smallest absolute Gasteiger partial charge is 0.265 e. The average molecular weight is 415 g/mol. The van der Waals surface area contributed by atoms with Gasteiger partial charge in [-0.2, -0.15) is 0 Å². The van der Waals surface area contributed by atoms with E-state index >= 15 is 0 Å². The summed E-state index contributed by atoms with van der Waals surface area (Å²) in [4.78, 5) is 24.7. The van der Waals surface area contributed by atoms with Gasteiger partial charge in [0.2, 0.25) is 5.91 Å².